The van der Waals surface area contributed by atoms with Crippen molar-refractivity contribution < 1.29 is 18.3 Å². The van der Waals surface area contributed by atoms with Crippen LogP contribution < -0.4 is 15.8 Å². The Morgan fingerprint density at radius 2 is 1.75 bits per heavy atom. The maximum absolute atomic E-state index is 12.4. The lowest BCUT2D eigenvalue weighted by Crippen LogP contribution is -2.41. The molecule has 1 aromatic heterocycles. The summed E-state index contributed by atoms with van der Waals surface area (Å²) in [5, 5.41) is 9.16. The van der Waals surface area contributed by atoms with Gasteiger partial charge in [0.05, 0.1) is 15.9 Å². The largest absolute Gasteiger partial charge is 0.480 e. The Balaban J connectivity index is 2.43. The van der Waals surface area contributed by atoms with Gasteiger partial charge in [0.25, 0.3) is 0 Å². The Morgan fingerprint density at radius 3 is 2.29 bits per heavy atom. The van der Waals surface area contributed by atoms with Gasteiger partial charge in [-0.05, 0) is 30.5 Å². The molecule has 0 fully saturated rings. The van der Waals surface area contributed by atoms with Crippen LogP contribution in [0.15, 0.2) is 32.7 Å². The zero-order valence-corrected chi connectivity index (χ0v) is 13.8. The fourth-order valence-electron chi connectivity index (χ4n) is 2.19. The molecule has 1 heterocycles. The molecule has 130 valence electrons. The van der Waals surface area contributed by atoms with Gasteiger partial charge in [-0.2, -0.15) is 4.72 Å². The van der Waals surface area contributed by atoms with Gasteiger partial charge in [-0.1, -0.05) is 13.8 Å². The number of fused-ring (bicyclic) bond motifs is 1. The van der Waals surface area contributed by atoms with Crippen LogP contribution in [0.2, 0.25) is 0 Å². The Kier molecular flexibility index (Phi) is 4.90. The molecule has 0 spiro atoms. The van der Waals surface area contributed by atoms with E-state index in [1.807, 2.05) is 0 Å². The summed E-state index contributed by atoms with van der Waals surface area (Å²) >= 11 is 0. The van der Waals surface area contributed by atoms with E-state index in [-0.39, 0.29) is 28.3 Å². The van der Waals surface area contributed by atoms with E-state index >= 15 is 0 Å². The number of benzene rings is 1. The molecule has 1 atom stereocenters. The molecule has 24 heavy (non-hydrogen) atoms. The van der Waals surface area contributed by atoms with Crippen molar-refractivity contribution >= 4 is 27.0 Å². The van der Waals surface area contributed by atoms with Gasteiger partial charge in [-0.25, -0.2) is 8.42 Å². The molecule has 0 saturated heterocycles. The van der Waals surface area contributed by atoms with Crippen LogP contribution >= 0.6 is 0 Å². The van der Waals surface area contributed by atoms with Crippen LogP contribution in [0.25, 0.3) is 11.0 Å². The number of H-pyrrole nitrogens is 2. The van der Waals surface area contributed by atoms with Crippen LogP contribution in [0, 0.1) is 5.92 Å². The van der Waals surface area contributed by atoms with E-state index < -0.39 is 33.2 Å². The molecule has 0 aliphatic rings. The first kappa shape index (κ1) is 17.9. The Labute approximate surface area is 136 Å². The van der Waals surface area contributed by atoms with E-state index in [0.29, 0.717) is 0 Å². The second-order valence-electron chi connectivity index (χ2n) is 5.76. The van der Waals surface area contributed by atoms with E-state index in [1.54, 1.807) is 13.8 Å². The number of aromatic amines is 2. The van der Waals surface area contributed by atoms with E-state index in [0.717, 1.165) is 6.07 Å². The molecular weight excluding hydrogens is 338 g/mol. The van der Waals surface area contributed by atoms with Gasteiger partial charge in [0.15, 0.2) is 0 Å². The van der Waals surface area contributed by atoms with E-state index in [2.05, 4.69) is 14.7 Å². The molecule has 10 heteroatoms. The lowest BCUT2D eigenvalue weighted by molar-refractivity contribution is -0.139. The van der Waals surface area contributed by atoms with E-state index in [9.17, 15) is 22.8 Å². The highest BCUT2D eigenvalue weighted by atomic mass is 32.2. The Morgan fingerprint density at radius 1 is 1.17 bits per heavy atom. The second-order valence-corrected chi connectivity index (χ2v) is 7.47. The monoisotopic (exact) mass is 355 g/mol. The molecule has 0 bridgehead atoms. The number of sulfonamides is 1. The second kappa shape index (κ2) is 6.57. The van der Waals surface area contributed by atoms with Gasteiger partial charge in [-0.3, -0.25) is 14.4 Å². The first-order chi connectivity index (χ1) is 11.1. The first-order valence-electron chi connectivity index (χ1n) is 7.11. The minimum absolute atomic E-state index is 0.0215. The number of hydrogen-bond donors (Lipinski definition) is 4. The molecular formula is C14H17N3O6S. The maximum Gasteiger partial charge on any atom is 0.321 e. The number of nitrogens with one attached hydrogen (secondary N) is 3. The highest BCUT2D eigenvalue weighted by molar-refractivity contribution is 7.89. The van der Waals surface area contributed by atoms with E-state index in [4.69, 9.17) is 5.11 Å². The van der Waals surface area contributed by atoms with Crippen molar-refractivity contribution in [3.05, 3.63) is 38.9 Å². The molecule has 0 radical (unpaired) electrons. The van der Waals surface area contributed by atoms with Crippen LogP contribution in [0.4, 0.5) is 0 Å². The average molecular weight is 355 g/mol. The van der Waals surface area contributed by atoms with Gasteiger partial charge < -0.3 is 15.1 Å². The smallest absolute Gasteiger partial charge is 0.321 e. The number of carbonyl (C=O) groups is 1. The highest BCUT2D eigenvalue weighted by Gasteiger charge is 2.26. The highest BCUT2D eigenvalue weighted by Crippen LogP contribution is 2.16. The Hall–Kier alpha value is -2.46. The fourth-order valence-corrected chi connectivity index (χ4v) is 3.42. The van der Waals surface area contributed by atoms with Crippen LogP contribution in [0.3, 0.4) is 0 Å². The molecule has 0 aliphatic carbocycles. The van der Waals surface area contributed by atoms with Crippen LogP contribution in [0.1, 0.15) is 20.3 Å². The van der Waals surface area contributed by atoms with Gasteiger partial charge in [0, 0.05) is 0 Å². The lowest BCUT2D eigenvalue weighted by Gasteiger charge is -2.16. The number of hydrogen-bond acceptors (Lipinski definition) is 5. The summed E-state index contributed by atoms with van der Waals surface area (Å²) in [7, 11) is -4.11. The molecule has 1 aromatic carbocycles. The Bertz CT molecular complexity index is 989. The van der Waals surface area contributed by atoms with Crippen molar-refractivity contribution in [2.24, 2.45) is 5.92 Å². The summed E-state index contributed by atoms with van der Waals surface area (Å²) in [6, 6.07) is 2.43. The summed E-state index contributed by atoms with van der Waals surface area (Å²) < 4.78 is 26.9. The van der Waals surface area contributed by atoms with Crippen molar-refractivity contribution in [3.63, 3.8) is 0 Å². The molecule has 0 saturated carbocycles. The van der Waals surface area contributed by atoms with Crippen molar-refractivity contribution in [2.45, 2.75) is 31.2 Å². The maximum atomic E-state index is 12.4. The fraction of sp³-hybridized carbons (Fsp3) is 0.357. The standard InChI is InChI=1S/C14H17N3O6S/c1-7(2)5-11(14(20)21)17-24(22,23)8-3-4-9-10(6-8)16-13(19)12(18)15-9/h3-4,6-7,11,17H,5H2,1-2H3,(H,15,18)(H,16,19)(H,20,21)/t11-/m1/s1. The first-order valence-corrected chi connectivity index (χ1v) is 8.60. The van der Waals surface area contributed by atoms with Crippen molar-refractivity contribution in [3.8, 4) is 0 Å². The minimum Gasteiger partial charge on any atom is -0.480 e. The van der Waals surface area contributed by atoms with Crippen molar-refractivity contribution in [1.29, 1.82) is 0 Å². The number of rotatable bonds is 6. The molecule has 2 aromatic rings. The molecule has 4 N–H and O–H groups in total. The van der Waals surface area contributed by atoms with Gasteiger partial charge in [0.1, 0.15) is 6.04 Å². The quantitative estimate of drug-likeness (QED) is 0.536. The SMILES string of the molecule is CC(C)C[C@@H](NS(=O)(=O)c1ccc2[nH]c(=O)c(=O)[nH]c2c1)C(=O)O. The molecule has 0 amide bonds. The van der Waals surface area contributed by atoms with Crippen molar-refractivity contribution in [2.75, 3.05) is 0 Å². The number of aliphatic carboxylic acids is 1. The zero-order valence-electron chi connectivity index (χ0n) is 13.0. The zero-order chi connectivity index (χ0) is 18.1. The van der Waals surface area contributed by atoms with Crippen molar-refractivity contribution in [1.82, 2.24) is 14.7 Å². The average Bonchev–Trinajstić information content (AvgIpc) is 2.46. The number of aromatic nitrogens is 2. The third kappa shape index (κ3) is 3.89. The summed E-state index contributed by atoms with van der Waals surface area (Å²) in [5.74, 6) is -1.29. The van der Waals surface area contributed by atoms with Crippen LogP contribution in [-0.2, 0) is 14.8 Å². The summed E-state index contributed by atoms with van der Waals surface area (Å²) in [6.07, 6.45) is 0.131. The summed E-state index contributed by atoms with van der Waals surface area (Å²) in [5.41, 5.74) is -1.37. The molecule has 0 aliphatic heterocycles. The van der Waals surface area contributed by atoms with Gasteiger partial charge in [0.2, 0.25) is 10.0 Å². The molecule has 0 unspecified atom stereocenters. The van der Waals surface area contributed by atoms with Gasteiger partial charge >= 0.3 is 17.1 Å². The molecule has 9 nitrogen and oxygen atoms in total. The predicted molar refractivity (Wildman–Crippen MR) is 86.4 cm³/mol. The predicted octanol–water partition coefficient (Wildman–Crippen LogP) is -0.00600. The number of carboxylic acids is 1. The van der Waals surface area contributed by atoms with Gasteiger partial charge in [-0.15, -0.1) is 0 Å². The minimum atomic E-state index is -4.11. The third-order valence-corrected chi connectivity index (χ3v) is 4.78. The lowest BCUT2D eigenvalue weighted by atomic mass is 10.1. The third-order valence-electron chi connectivity index (χ3n) is 3.31. The normalized spacial score (nSPS) is 13.3. The van der Waals surface area contributed by atoms with E-state index in [1.165, 1.54) is 12.1 Å². The molecule has 2 rings (SSSR count). The van der Waals surface area contributed by atoms with Crippen LogP contribution in [-0.4, -0.2) is 35.5 Å². The summed E-state index contributed by atoms with van der Waals surface area (Å²) in [4.78, 5) is 38.2. The summed E-state index contributed by atoms with van der Waals surface area (Å²) in [6.45, 7) is 3.56. The number of carboxylic acid groups (broad SMARTS) is 1. The topological polar surface area (TPSA) is 149 Å². The van der Waals surface area contributed by atoms with Crippen LogP contribution in [0.5, 0.6) is 0 Å².